The molecule has 1 aliphatic heterocycles. The first-order valence-corrected chi connectivity index (χ1v) is 8.01. The summed E-state index contributed by atoms with van der Waals surface area (Å²) in [6.07, 6.45) is 1.14. The summed E-state index contributed by atoms with van der Waals surface area (Å²) < 4.78 is 10.6. The predicted octanol–water partition coefficient (Wildman–Crippen LogP) is 2.74. The lowest BCUT2D eigenvalue weighted by atomic mass is 10.2. The van der Waals surface area contributed by atoms with Crippen LogP contribution in [0.1, 0.15) is 27.6 Å². The summed E-state index contributed by atoms with van der Waals surface area (Å²) in [6, 6.07) is 5.70. The minimum atomic E-state index is 0.0307. The first-order chi connectivity index (χ1) is 10.6. The standard InChI is InChI=1S/C16H18N2O3S/c1-10-11(2)22-16(18-10)6-5-15(19)17-8-12-3-4-13-14(7-12)21-9-20-13/h3-4,7H,5-6,8-9H2,1-2H3,(H,17,19). The highest BCUT2D eigenvalue weighted by Crippen LogP contribution is 2.32. The molecule has 2 heterocycles. The maximum Gasteiger partial charge on any atom is 0.231 e. The Hall–Kier alpha value is -2.08. The second-order valence-corrected chi connectivity index (χ2v) is 6.50. The van der Waals surface area contributed by atoms with E-state index in [1.54, 1.807) is 11.3 Å². The molecule has 22 heavy (non-hydrogen) atoms. The fourth-order valence-corrected chi connectivity index (χ4v) is 3.14. The smallest absolute Gasteiger partial charge is 0.231 e. The van der Waals surface area contributed by atoms with E-state index in [1.807, 2.05) is 25.1 Å². The van der Waals surface area contributed by atoms with E-state index in [4.69, 9.17) is 9.47 Å². The number of nitrogens with zero attached hydrogens (tertiary/aromatic N) is 1. The van der Waals surface area contributed by atoms with E-state index in [2.05, 4.69) is 17.2 Å². The summed E-state index contributed by atoms with van der Waals surface area (Å²) in [6.45, 7) is 4.80. The van der Waals surface area contributed by atoms with Gasteiger partial charge in [0.25, 0.3) is 0 Å². The lowest BCUT2D eigenvalue weighted by Crippen LogP contribution is -2.22. The SMILES string of the molecule is Cc1nc(CCC(=O)NCc2ccc3c(c2)OCO3)sc1C. The van der Waals surface area contributed by atoms with Crippen molar-refractivity contribution >= 4 is 17.2 Å². The Morgan fingerprint density at radius 1 is 1.32 bits per heavy atom. The molecule has 1 aromatic carbocycles. The van der Waals surface area contributed by atoms with Crippen molar-refractivity contribution in [3.8, 4) is 11.5 Å². The zero-order valence-corrected chi connectivity index (χ0v) is 13.5. The van der Waals surface area contributed by atoms with Crippen molar-refractivity contribution in [2.45, 2.75) is 33.2 Å². The van der Waals surface area contributed by atoms with Gasteiger partial charge in [-0.25, -0.2) is 4.98 Å². The second kappa shape index (κ2) is 6.36. The van der Waals surface area contributed by atoms with Crippen LogP contribution in [0.3, 0.4) is 0 Å². The Kier molecular flexibility index (Phi) is 4.29. The summed E-state index contributed by atoms with van der Waals surface area (Å²) in [7, 11) is 0. The van der Waals surface area contributed by atoms with Crippen LogP contribution < -0.4 is 14.8 Å². The van der Waals surface area contributed by atoms with E-state index in [0.717, 1.165) is 27.8 Å². The van der Waals surface area contributed by atoms with Crippen LogP contribution in [0.4, 0.5) is 0 Å². The average molecular weight is 318 g/mol. The molecule has 6 heteroatoms. The van der Waals surface area contributed by atoms with Crippen molar-refractivity contribution < 1.29 is 14.3 Å². The van der Waals surface area contributed by atoms with Gasteiger partial charge in [-0.2, -0.15) is 0 Å². The average Bonchev–Trinajstić information content (AvgIpc) is 3.09. The molecule has 5 nitrogen and oxygen atoms in total. The van der Waals surface area contributed by atoms with E-state index in [0.29, 0.717) is 19.4 Å². The number of aryl methyl sites for hydroxylation is 3. The minimum Gasteiger partial charge on any atom is -0.454 e. The van der Waals surface area contributed by atoms with Crippen LogP contribution in [0, 0.1) is 13.8 Å². The molecule has 0 bridgehead atoms. The molecule has 0 aliphatic carbocycles. The molecular weight excluding hydrogens is 300 g/mol. The number of carbonyl (C=O) groups excluding carboxylic acids is 1. The van der Waals surface area contributed by atoms with E-state index in [9.17, 15) is 4.79 Å². The van der Waals surface area contributed by atoms with Gasteiger partial charge in [-0.05, 0) is 31.5 Å². The fraction of sp³-hybridized carbons (Fsp3) is 0.375. The maximum atomic E-state index is 11.9. The number of rotatable bonds is 5. The molecule has 1 N–H and O–H groups in total. The van der Waals surface area contributed by atoms with Crippen LogP contribution in [0.5, 0.6) is 11.5 Å². The summed E-state index contributed by atoms with van der Waals surface area (Å²) in [4.78, 5) is 17.6. The third kappa shape index (κ3) is 3.39. The topological polar surface area (TPSA) is 60.5 Å². The molecule has 0 fully saturated rings. The number of amides is 1. The molecule has 1 amide bonds. The van der Waals surface area contributed by atoms with Crippen molar-refractivity contribution in [2.75, 3.05) is 6.79 Å². The van der Waals surface area contributed by atoms with Crippen molar-refractivity contribution in [3.63, 3.8) is 0 Å². The molecule has 0 saturated carbocycles. The van der Waals surface area contributed by atoms with E-state index in [1.165, 1.54) is 4.88 Å². The third-order valence-corrected chi connectivity index (χ3v) is 4.70. The molecule has 3 rings (SSSR count). The maximum absolute atomic E-state index is 11.9. The molecule has 0 radical (unpaired) electrons. The van der Waals surface area contributed by atoms with Gasteiger partial charge < -0.3 is 14.8 Å². The van der Waals surface area contributed by atoms with E-state index < -0.39 is 0 Å². The number of fused-ring (bicyclic) bond motifs is 1. The van der Waals surface area contributed by atoms with Gasteiger partial charge in [-0.3, -0.25) is 4.79 Å². The Labute approximate surface area is 133 Å². The Morgan fingerprint density at radius 3 is 2.91 bits per heavy atom. The van der Waals surface area contributed by atoms with Gasteiger partial charge in [0.15, 0.2) is 11.5 Å². The van der Waals surface area contributed by atoms with Crippen LogP contribution in [-0.4, -0.2) is 17.7 Å². The van der Waals surface area contributed by atoms with Gasteiger partial charge in [0.1, 0.15) is 0 Å². The highest BCUT2D eigenvalue weighted by molar-refractivity contribution is 7.11. The van der Waals surface area contributed by atoms with Crippen LogP contribution in [0.25, 0.3) is 0 Å². The molecule has 1 aliphatic rings. The highest BCUT2D eigenvalue weighted by atomic mass is 32.1. The molecule has 0 spiro atoms. The zero-order chi connectivity index (χ0) is 15.5. The number of aromatic nitrogens is 1. The first-order valence-electron chi connectivity index (χ1n) is 7.20. The first kappa shape index (κ1) is 14.8. The summed E-state index contributed by atoms with van der Waals surface area (Å²) >= 11 is 1.66. The molecule has 116 valence electrons. The number of hydrogen-bond acceptors (Lipinski definition) is 5. The predicted molar refractivity (Wildman–Crippen MR) is 84.3 cm³/mol. The highest BCUT2D eigenvalue weighted by Gasteiger charge is 2.13. The largest absolute Gasteiger partial charge is 0.454 e. The number of ether oxygens (including phenoxy) is 2. The van der Waals surface area contributed by atoms with E-state index >= 15 is 0 Å². The van der Waals surface area contributed by atoms with Crippen molar-refractivity contribution in [1.29, 1.82) is 0 Å². The number of hydrogen-bond donors (Lipinski definition) is 1. The Morgan fingerprint density at radius 2 is 2.14 bits per heavy atom. The van der Waals surface area contributed by atoms with Gasteiger partial charge in [0.05, 0.1) is 10.7 Å². The minimum absolute atomic E-state index is 0.0307. The van der Waals surface area contributed by atoms with Crippen LogP contribution >= 0.6 is 11.3 Å². The monoisotopic (exact) mass is 318 g/mol. The van der Waals surface area contributed by atoms with Crippen LogP contribution in [0.15, 0.2) is 18.2 Å². The Bertz CT molecular complexity index is 677. The van der Waals surface area contributed by atoms with Crippen molar-refractivity contribution in [2.24, 2.45) is 0 Å². The van der Waals surface area contributed by atoms with Gasteiger partial charge in [0, 0.05) is 24.3 Å². The van der Waals surface area contributed by atoms with Gasteiger partial charge >= 0.3 is 0 Å². The van der Waals surface area contributed by atoms with Crippen LogP contribution in [-0.2, 0) is 17.8 Å². The fourth-order valence-electron chi connectivity index (χ4n) is 2.21. The quantitative estimate of drug-likeness (QED) is 0.921. The zero-order valence-electron chi connectivity index (χ0n) is 12.6. The second-order valence-electron chi connectivity index (χ2n) is 5.21. The number of benzene rings is 1. The summed E-state index contributed by atoms with van der Waals surface area (Å²) in [5.41, 5.74) is 2.05. The number of thiazole rings is 1. The number of carbonyl (C=O) groups is 1. The lowest BCUT2D eigenvalue weighted by molar-refractivity contribution is -0.121. The van der Waals surface area contributed by atoms with Crippen molar-refractivity contribution in [1.82, 2.24) is 10.3 Å². The number of nitrogens with one attached hydrogen (secondary N) is 1. The molecular formula is C16H18N2O3S. The molecule has 0 atom stereocenters. The normalized spacial score (nSPS) is 12.5. The lowest BCUT2D eigenvalue weighted by Gasteiger charge is -2.05. The molecule has 1 aromatic heterocycles. The van der Waals surface area contributed by atoms with Gasteiger partial charge in [-0.15, -0.1) is 11.3 Å². The van der Waals surface area contributed by atoms with Gasteiger partial charge in [-0.1, -0.05) is 6.07 Å². The summed E-state index contributed by atoms with van der Waals surface area (Å²) in [5.74, 6) is 1.52. The van der Waals surface area contributed by atoms with E-state index in [-0.39, 0.29) is 12.7 Å². The molecule has 0 unspecified atom stereocenters. The molecule has 0 saturated heterocycles. The third-order valence-electron chi connectivity index (χ3n) is 3.57. The molecule has 2 aromatic rings. The Balaban J connectivity index is 1.48. The van der Waals surface area contributed by atoms with Crippen molar-refractivity contribution in [3.05, 3.63) is 39.3 Å². The summed E-state index contributed by atoms with van der Waals surface area (Å²) in [5, 5.41) is 3.94. The van der Waals surface area contributed by atoms with Gasteiger partial charge in [0.2, 0.25) is 12.7 Å². The van der Waals surface area contributed by atoms with Crippen LogP contribution in [0.2, 0.25) is 0 Å².